The van der Waals surface area contributed by atoms with Gasteiger partial charge in [0.1, 0.15) is 11.1 Å². The summed E-state index contributed by atoms with van der Waals surface area (Å²) in [6.45, 7) is 3.16. The van der Waals surface area contributed by atoms with Crippen LogP contribution in [0.1, 0.15) is 28.6 Å². The zero-order valence-electron chi connectivity index (χ0n) is 9.06. The molecule has 2 N–H and O–H groups in total. The molecule has 1 fully saturated rings. The standard InChI is InChI=1S/C11H13N3OS/c1-7(15)10-4-8(5-12)11(16-10)14-3-2-9(13)6-14/h4,9H,2-3,6,13H2,1H3. The minimum absolute atomic E-state index is 0.0104. The molecule has 0 amide bonds. The first-order valence-electron chi connectivity index (χ1n) is 5.17. The summed E-state index contributed by atoms with van der Waals surface area (Å²) in [6.07, 6.45) is 0.943. The van der Waals surface area contributed by atoms with Gasteiger partial charge in [-0.2, -0.15) is 5.26 Å². The van der Waals surface area contributed by atoms with Crippen molar-refractivity contribution in [1.82, 2.24) is 0 Å². The Kier molecular flexibility index (Phi) is 2.95. The lowest BCUT2D eigenvalue weighted by atomic mass is 10.2. The summed E-state index contributed by atoms with van der Waals surface area (Å²) in [5.41, 5.74) is 6.42. The van der Waals surface area contributed by atoms with Crippen LogP contribution in [-0.2, 0) is 0 Å². The molecule has 0 radical (unpaired) electrons. The fraction of sp³-hybridized carbons (Fsp3) is 0.455. The zero-order chi connectivity index (χ0) is 11.7. The van der Waals surface area contributed by atoms with Crippen LogP contribution in [0.15, 0.2) is 6.07 Å². The van der Waals surface area contributed by atoms with Gasteiger partial charge < -0.3 is 10.6 Å². The lowest BCUT2D eigenvalue weighted by Gasteiger charge is -2.15. The van der Waals surface area contributed by atoms with E-state index in [4.69, 9.17) is 11.0 Å². The monoisotopic (exact) mass is 235 g/mol. The number of nitrogens with two attached hydrogens (primary N) is 1. The third-order valence-electron chi connectivity index (χ3n) is 2.69. The molecule has 1 aromatic rings. The summed E-state index contributed by atoms with van der Waals surface area (Å²) in [4.78, 5) is 14.0. The lowest BCUT2D eigenvalue weighted by Crippen LogP contribution is -2.26. The molecule has 1 saturated heterocycles. The van der Waals surface area contributed by atoms with Gasteiger partial charge in [-0.05, 0) is 19.4 Å². The molecular formula is C11H13N3OS. The van der Waals surface area contributed by atoms with Gasteiger partial charge in [-0.15, -0.1) is 11.3 Å². The first-order valence-corrected chi connectivity index (χ1v) is 5.99. The van der Waals surface area contributed by atoms with Crippen molar-refractivity contribution in [1.29, 1.82) is 5.26 Å². The average molecular weight is 235 g/mol. The minimum Gasteiger partial charge on any atom is -0.361 e. The average Bonchev–Trinajstić information content (AvgIpc) is 2.82. The van der Waals surface area contributed by atoms with E-state index in [1.807, 2.05) is 0 Å². The second-order valence-electron chi connectivity index (χ2n) is 3.99. The number of nitriles is 1. The highest BCUT2D eigenvalue weighted by molar-refractivity contribution is 7.18. The summed E-state index contributed by atoms with van der Waals surface area (Å²) in [5, 5.41) is 9.92. The van der Waals surface area contributed by atoms with Crippen LogP contribution in [0.2, 0.25) is 0 Å². The third kappa shape index (κ3) is 1.94. The maximum Gasteiger partial charge on any atom is 0.169 e. The molecule has 0 aliphatic carbocycles. The van der Waals surface area contributed by atoms with Crippen LogP contribution >= 0.6 is 11.3 Å². The van der Waals surface area contributed by atoms with Crippen LogP contribution < -0.4 is 10.6 Å². The zero-order valence-corrected chi connectivity index (χ0v) is 9.88. The Morgan fingerprint density at radius 2 is 2.50 bits per heavy atom. The fourth-order valence-electron chi connectivity index (χ4n) is 1.84. The molecule has 16 heavy (non-hydrogen) atoms. The van der Waals surface area contributed by atoms with E-state index in [0.717, 1.165) is 24.5 Å². The predicted octanol–water partition coefficient (Wildman–Crippen LogP) is 1.36. The molecule has 1 unspecified atom stereocenters. The Morgan fingerprint density at radius 3 is 3.00 bits per heavy atom. The maximum atomic E-state index is 11.3. The highest BCUT2D eigenvalue weighted by Crippen LogP contribution is 2.33. The number of hydrogen-bond acceptors (Lipinski definition) is 5. The molecule has 0 saturated carbocycles. The molecule has 84 valence electrons. The van der Waals surface area contributed by atoms with Crippen LogP contribution in [0, 0.1) is 11.3 Å². The smallest absolute Gasteiger partial charge is 0.169 e. The first kappa shape index (κ1) is 11.1. The number of rotatable bonds is 2. The van der Waals surface area contributed by atoms with Gasteiger partial charge in [-0.1, -0.05) is 0 Å². The number of Topliss-reactive ketones (excluding diaryl/α,β-unsaturated/α-hetero) is 1. The van der Waals surface area contributed by atoms with E-state index in [-0.39, 0.29) is 11.8 Å². The molecule has 1 aliphatic rings. The molecule has 1 aliphatic heterocycles. The first-order chi connectivity index (χ1) is 7.61. The Labute approximate surface area is 98.3 Å². The number of nitrogens with zero attached hydrogens (tertiary/aromatic N) is 2. The van der Waals surface area contributed by atoms with Gasteiger partial charge in [0.05, 0.1) is 10.4 Å². The molecule has 1 atom stereocenters. The van der Waals surface area contributed by atoms with E-state index in [1.165, 1.54) is 18.3 Å². The SMILES string of the molecule is CC(=O)c1cc(C#N)c(N2CCC(N)C2)s1. The summed E-state index contributed by atoms with van der Waals surface area (Å²) in [7, 11) is 0. The number of thiophene rings is 1. The van der Waals surface area contributed by atoms with Crippen LogP contribution in [-0.4, -0.2) is 24.9 Å². The molecular weight excluding hydrogens is 222 g/mol. The van der Waals surface area contributed by atoms with Gasteiger partial charge in [0, 0.05) is 19.1 Å². The highest BCUT2D eigenvalue weighted by Gasteiger charge is 2.24. The van der Waals surface area contributed by atoms with Crippen LogP contribution in [0.4, 0.5) is 5.00 Å². The predicted molar refractivity (Wildman–Crippen MR) is 63.8 cm³/mol. The number of hydrogen-bond donors (Lipinski definition) is 1. The molecule has 0 aromatic carbocycles. The number of carbonyl (C=O) groups is 1. The van der Waals surface area contributed by atoms with Crippen molar-refractivity contribution >= 4 is 22.1 Å². The van der Waals surface area contributed by atoms with Crippen molar-refractivity contribution < 1.29 is 4.79 Å². The summed E-state index contributed by atoms with van der Waals surface area (Å²) >= 11 is 1.39. The maximum absolute atomic E-state index is 11.3. The fourth-order valence-corrected chi connectivity index (χ4v) is 2.88. The minimum atomic E-state index is 0.0104. The number of anilines is 1. The van der Waals surface area contributed by atoms with E-state index in [9.17, 15) is 4.79 Å². The van der Waals surface area contributed by atoms with Crippen LogP contribution in [0.5, 0.6) is 0 Å². The van der Waals surface area contributed by atoms with E-state index in [2.05, 4.69) is 11.0 Å². The molecule has 1 aromatic heterocycles. The third-order valence-corrected chi connectivity index (χ3v) is 3.99. The van der Waals surface area contributed by atoms with Crippen molar-refractivity contribution in [2.24, 2.45) is 5.73 Å². The van der Waals surface area contributed by atoms with Crippen LogP contribution in [0.25, 0.3) is 0 Å². The summed E-state index contributed by atoms with van der Waals surface area (Å²) in [6, 6.07) is 3.99. The quantitative estimate of drug-likeness (QED) is 0.786. The topological polar surface area (TPSA) is 70.1 Å². The Balaban J connectivity index is 2.33. The highest BCUT2D eigenvalue weighted by atomic mass is 32.1. The molecule has 0 spiro atoms. The molecule has 0 bridgehead atoms. The molecule has 5 heteroatoms. The van der Waals surface area contributed by atoms with Crippen molar-refractivity contribution in [3.05, 3.63) is 16.5 Å². The van der Waals surface area contributed by atoms with Crippen molar-refractivity contribution in [3.63, 3.8) is 0 Å². The molecule has 2 rings (SSSR count). The lowest BCUT2D eigenvalue weighted by molar-refractivity contribution is 0.102. The van der Waals surface area contributed by atoms with E-state index >= 15 is 0 Å². The second kappa shape index (κ2) is 4.24. The van der Waals surface area contributed by atoms with Crippen molar-refractivity contribution in [2.75, 3.05) is 18.0 Å². The molecule has 4 nitrogen and oxygen atoms in total. The van der Waals surface area contributed by atoms with Gasteiger partial charge in [0.25, 0.3) is 0 Å². The number of carbonyl (C=O) groups excluding carboxylic acids is 1. The van der Waals surface area contributed by atoms with Gasteiger partial charge in [-0.3, -0.25) is 4.79 Å². The van der Waals surface area contributed by atoms with E-state index in [0.29, 0.717) is 10.4 Å². The number of ketones is 1. The van der Waals surface area contributed by atoms with Crippen molar-refractivity contribution in [3.8, 4) is 6.07 Å². The summed E-state index contributed by atoms with van der Waals surface area (Å²) < 4.78 is 0. The Morgan fingerprint density at radius 1 is 1.75 bits per heavy atom. The summed E-state index contributed by atoms with van der Waals surface area (Å²) in [5.74, 6) is 0.0104. The molecule has 2 heterocycles. The van der Waals surface area contributed by atoms with E-state index in [1.54, 1.807) is 6.07 Å². The van der Waals surface area contributed by atoms with Gasteiger partial charge in [0.15, 0.2) is 5.78 Å². The van der Waals surface area contributed by atoms with Gasteiger partial charge >= 0.3 is 0 Å². The van der Waals surface area contributed by atoms with Gasteiger partial charge in [-0.25, -0.2) is 0 Å². The van der Waals surface area contributed by atoms with Gasteiger partial charge in [0.2, 0.25) is 0 Å². The Hall–Kier alpha value is -1.38. The van der Waals surface area contributed by atoms with Crippen molar-refractivity contribution in [2.45, 2.75) is 19.4 Å². The Bertz CT molecular complexity index is 460. The largest absolute Gasteiger partial charge is 0.361 e. The second-order valence-corrected chi connectivity index (χ2v) is 5.02. The van der Waals surface area contributed by atoms with E-state index < -0.39 is 0 Å². The van der Waals surface area contributed by atoms with Crippen LogP contribution in [0.3, 0.4) is 0 Å². The normalized spacial score (nSPS) is 19.8.